The van der Waals surface area contributed by atoms with E-state index in [-0.39, 0.29) is 12.6 Å². The van der Waals surface area contributed by atoms with Gasteiger partial charge in [-0.15, -0.1) is 0 Å². The van der Waals surface area contributed by atoms with E-state index in [9.17, 15) is 9.59 Å². The van der Waals surface area contributed by atoms with Crippen molar-refractivity contribution >= 4 is 0 Å². The van der Waals surface area contributed by atoms with Crippen LogP contribution in [0.4, 0.5) is 0 Å². The van der Waals surface area contributed by atoms with E-state index >= 15 is 0 Å². The van der Waals surface area contributed by atoms with Crippen molar-refractivity contribution in [3.63, 3.8) is 0 Å². The molecule has 0 aliphatic carbocycles. The molecule has 1 aromatic heterocycles. The van der Waals surface area contributed by atoms with Crippen LogP contribution in [0.5, 0.6) is 0 Å². The Balaban J connectivity index is 2.34. The molecule has 7 nitrogen and oxygen atoms in total. The molecule has 2 heterocycles. The van der Waals surface area contributed by atoms with Crippen LogP contribution in [-0.4, -0.2) is 33.4 Å². The number of nitrogens with zero attached hydrogens (tertiary/aromatic N) is 1. The molecule has 0 aromatic carbocycles. The zero-order valence-corrected chi connectivity index (χ0v) is 9.42. The van der Waals surface area contributed by atoms with Crippen molar-refractivity contribution in [1.29, 1.82) is 0 Å². The summed E-state index contributed by atoms with van der Waals surface area (Å²) in [5.41, 5.74) is 5.25. The third kappa shape index (κ3) is 2.17. The number of aromatic amines is 1. The maximum Gasteiger partial charge on any atom is 0.330 e. The molecule has 1 saturated heterocycles. The summed E-state index contributed by atoms with van der Waals surface area (Å²) in [6, 6.07) is -0.316. The summed E-state index contributed by atoms with van der Waals surface area (Å²) in [5, 5.41) is 9.02. The van der Waals surface area contributed by atoms with Crippen LogP contribution in [0.3, 0.4) is 0 Å². The second kappa shape index (κ2) is 4.44. The maximum atomic E-state index is 11.6. The Labute approximate surface area is 96.8 Å². The monoisotopic (exact) mass is 241 g/mol. The normalized spacial score (nSPS) is 28.5. The van der Waals surface area contributed by atoms with E-state index in [0.29, 0.717) is 12.0 Å². The van der Waals surface area contributed by atoms with E-state index in [1.54, 1.807) is 6.92 Å². The molecule has 1 aliphatic rings. The summed E-state index contributed by atoms with van der Waals surface area (Å²) in [6.45, 7) is 1.42. The lowest BCUT2D eigenvalue weighted by Crippen LogP contribution is -2.33. The maximum absolute atomic E-state index is 11.6. The van der Waals surface area contributed by atoms with E-state index in [1.807, 2.05) is 0 Å². The highest BCUT2D eigenvalue weighted by Gasteiger charge is 2.33. The van der Waals surface area contributed by atoms with Gasteiger partial charge < -0.3 is 15.6 Å². The third-order valence-electron chi connectivity index (χ3n) is 2.92. The molecule has 17 heavy (non-hydrogen) atoms. The van der Waals surface area contributed by atoms with E-state index in [1.165, 1.54) is 10.8 Å². The number of ether oxygens (including phenoxy) is 1. The molecular weight excluding hydrogens is 226 g/mol. The van der Waals surface area contributed by atoms with Crippen LogP contribution in [0.2, 0.25) is 0 Å². The number of aromatic nitrogens is 2. The Morgan fingerprint density at radius 3 is 2.94 bits per heavy atom. The molecule has 1 fully saturated rings. The van der Waals surface area contributed by atoms with Crippen LogP contribution in [0.15, 0.2) is 15.8 Å². The van der Waals surface area contributed by atoms with Crippen LogP contribution in [0.1, 0.15) is 18.2 Å². The summed E-state index contributed by atoms with van der Waals surface area (Å²) < 4.78 is 6.75. The van der Waals surface area contributed by atoms with Crippen LogP contribution in [0.25, 0.3) is 0 Å². The number of hydrogen-bond acceptors (Lipinski definition) is 5. The molecule has 3 atom stereocenters. The average molecular weight is 241 g/mol. The fourth-order valence-corrected chi connectivity index (χ4v) is 1.90. The number of aryl methyl sites for hydroxylation is 1. The number of hydrogen-bond donors (Lipinski definition) is 3. The van der Waals surface area contributed by atoms with Gasteiger partial charge in [0.2, 0.25) is 0 Å². The van der Waals surface area contributed by atoms with Gasteiger partial charge in [-0.05, 0) is 6.92 Å². The topological polar surface area (TPSA) is 110 Å². The number of nitrogens with one attached hydrogen (secondary N) is 1. The summed E-state index contributed by atoms with van der Waals surface area (Å²) in [7, 11) is 0. The van der Waals surface area contributed by atoms with Gasteiger partial charge in [0.05, 0.1) is 12.7 Å². The Bertz CT molecular complexity index is 521. The first kappa shape index (κ1) is 12.0. The first-order valence-electron chi connectivity index (χ1n) is 5.37. The molecule has 1 aromatic rings. The van der Waals surface area contributed by atoms with Crippen molar-refractivity contribution in [2.45, 2.75) is 31.7 Å². The van der Waals surface area contributed by atoms with Crippen LogP contribution < -0.4 is 17.0 Å². The number of aliphatic hydroxyl groups excluding tert-OH is 1. The molecule has 0 spiro atoms. The van der Waals surface area contributed by atoms with Crippen LogP contribution in [-0.2, 0) is 4.74 Å². The van der Waals surface area contributed by atoms with Gasteiger partial charge in [0.25, 0.3) is 5.56 Å². The minimum Gasteiger partial charge on any atom is -0.394 e. The van der Waals surface area contributed by atoms with E-state index in [2.05, 4.69) is 4.98 Å². The van der Waals surface area contributed by atoms with Gasteiger partial charge in [-0.1, -0.05) is 0 Å². The lowest BCUT2D eigenvalue weighted by Gasteiger charge is -2.14. The molecule has 0 bridgehead atoms. The molecule has 0 radical (unpaired) electrons. The van der Waals surface area contributed by atoms with E-state index < -0.39 is 23.6 Å². The Morgan fingerprint density at radius 1 is 1.65 bits per heavy atom. The molecular formula is C10H15N3O4. The number of rotatable bonds is 2. The first-order valence-corrected chi connectivity index (χ1v) is 5.37. The zero-order chi connectivity index (χ0) is 12.6. The zero-order valence-electron chi connectivity index (χ0n) is 9.42. The predicted molar refractivity (Wildman–Crippen MR) is 59.6 cm³/mol. The third-order valence-corrected chi connectivity index (χ3v) is 2.92. The van der Waals surface area contributed by atoms with Gasteiger partial charge >= 0.3 is 5.69 Å². The SMILES string of the molecule is Cc1cn([C@@H]2C[C@@H](N)[C@H](CO)O2)c(=O)[nH]c1=O. The Morgan fingerprint density at radius 2 is 2.35 bits per heavy atom. The lowest BCUT2D eigenvalue weighted by atomic mass is 10.1. The van der Waals surface area contributed by atoms with Crippen molar-refractivity contribution in [2.75, 3.05) is 6.61 Å². The largest absolute Gasteiger partial charge is 0.394 e. The minimum atomic E-state index is -0.537. The summed E-state index contributed by atoms with van der Waals surface area (Å²) >= 11 is 0. The quantitative estimate of drug-likeness (QED) is 0.580. The number of nitrogens with two attached hydrogens (primary N) is 1. The molecule has 0 unspecified atom stereocenters. The van der Waals surface area contributed by atoms with Gasteiger partial charge in [0.15, 0.2) is 0 Å². The second-order valence-corrected chi connectivity index (χ2v) is 4.19. The minimum absolute atomic E-state index is 0.186. The number of H-pyrrole nitrogens is 1. The fourth-order valence-electron chi connectivity index (χ4n) is 1.90. The van der Waals surface area contributed by atoms with Gasteiger partial charge in [0, 0.05) is 24.2 Å². The Hall–Kier alpha value is -1.44. The highest BCUT2D eigenvalue weighted by Crippen LogP contribution is 2.25. The van der Waals surface area contributed by atoms with E-state index in [0.717, 1.165) is 0 Å². The average Bonchev–Trinajstić information content (AvgIpc) is 2.65. The highest BCUT2D eigenvalue weighted by molar-refractivity contribution is 5.02. The van der Waals surface area contributed by atoms with E-state index in [4.69, 9.17) is 15.6 Å². The van der Waals surface area contributed by atoms with Crippen LogP contribution in [0, 0.1) is 6.92 Å². The van der Waals surface area contributed by atoms with Crippen molar-refractivity contribution in [3.05, 3.63) is 32.6 Å². The van der Waals surface area contributed by atoms with Gasteiger partial charge in [-0.25, -0.2) is 4.79 Å². The molecule has 94 valence electrons. The second-order valence-electron chi connectivity index (χ2n) is 4.19. The summed E-state index contributed by atoms with van der Waals surface area (Å²) in [4.78, 5) is 25.0. The lowest BCUT2D eigenvalue weighted by molar-refractivity contribution is -0.0271. The Kier molecular flexibility index (Phi) is 3.14. The summed E-state index contributed by atoms with van der Waals surface area (Å²) in [6.07, 6.45) is 0.860. The molecule has 7 heteroatoms. The molecule has 0 saturated carbocycles. The smallest absolute Gasteiger partial charge is 0.330 e. The molecule has 4 N–H and O–H groups in total. The first-order chi connectivity index (χ1) is 8.02. The summed E-state index contributed by atoms with van der Waals surface area (Å²) in [5.74, 6) is 0. The number of aliphatic hydroxyl groups is 1. The molecule has 0 amide bonds. The van der Waals surface area contributed by atoms with Gasteiger partial charge in [0.1, 0.15) is 6.23 Å². The highest BCUT2D eigenvalue weighted by atomic mass is 16.5. The van der Waals surface area contributed by atoms with Crippen molar-refractivity contribution in [2.24, 2.45) is 5.73 Å². The van der Waals surface area contributed by atoms with Gasteiger partial charge in [-0.3, -0.25) is 14.3 Å². The van der Waals surface area contributed by atoms with Crippen molar-refractivity contribution < 1.29 is 9.84 Å². The fraction of sp³-hybridized carbons (Fsp3) is 0.600. The van der Waals surface area contributed by atoms with Crippen molar-refractivity contribution in [1.82, 2.24) is 9.55 Å². The van der Waals surface area contributed by atoms with Crippen molar-refractivity contribution in [3.8, 4) is 0 Å². The molecule has 1 aliphatic heterocycles. The van der Waals surface area contributed by atoms with Crippen LogP contribution >= 0.6 is 0 Å². The predicted octanol–water partition coefficient (Wildman–Crippen LogP) is -1.55. The standard InChI is InChI=1S/C10H15N3O4/c1-5-3-13(10(16)12-9(5)15)8-2-6(11)7(4-14)17-8/h3,6-8,14H,2,4,11H2,1H3,(H,12,15,16)/t6-,7+,8+/m1/s1. The van der Waals surface area contributed by atoms with Gasteiger partial charge in [-0.2, -0.15) is 0 Å². The molecule has 2 rings (SSSR count).